The minimum atomic E-state index is -1.07. The predicted octanol–water partition coefficient (Wildman–Crippen LogP) is 4.61. The van der Waals surface area contributed by atoms with Crippen molar-refractivity contribution in [3.05, 3.63) is 70.4 Å². The second-order valence-corrected chi connectivity index (χ2v) is 6.62. The number of aromatic nitrogens is 1. The molecule has 1 aromatic heterocycles. The zero-order chi connectivity index (χ0) is 22.0. The SMILES string of the molecule is CCOc1nccc2c(C(=O)c3c(F)cc(C(C)OC(N)=O)c(C)c3F)cccc12. The number of hydrogen-bond donors (Lipinski definition) is 1. The Morgan fingerprint density at radius 1 is 1.20 bits per heavy atom. The molecule has 0 saturated carbocycles. The molecule has 1 atom stereocenters. The van der Waals surface area contributed by atoms with Crippen LogP contribution in [-0.4, -0.2) is 23.5 Å². The molecular formula is C22H20F2N2O4. The fourth-order valence-electron chi connectivity index (χ4n) is 3.37. The van der Waals surface area contributed by atoms with Crippen molar-refractivity contribution in [2.45, 2.75) is 26.9 Å². The molecule has 0 fully saturated rings. The lowest BCUT2D eigenvalue weighted by atomic mass is 9.93. The van der Waals surface area contributed by atoms with Gasteiger partial charge in [-0.15, -0.1) is 0 Å². The van der Waals surface area contributed by atoms with Gasteiger partial charge in [-0.3, -0.25) is 4.79 Å². The third-order valence-electron chi connectivity index (χ3n) is 4.76. The highest BCUT2D eigenvalue weighted by Crippen LogP contribution is 2.31. The van der Waals surface area contributed by atoms with Gasteiger partial charge >= 0.3 is 6.09 Å². The average Bonchev–Trinajstić information content (AvgIpc) is 2.70. The largest absolute Gasteiger partial charge is 0.478 e. The second-order valence-electron chi connectivity index (χ2n) is 6.62. The number of carbonyl (C=O) groups is 2. The maximum absolute atomic E-state index is 15.1. The highest BCUT2D eigenvalue weighted by molar-refractivity contribution is 6.17. The summed E-state index contributed by atoms with van der Waals surface area (Å²) in [5.74, 6) is -2.57. The standard InChI is InChI=1S/C22H20F2N2O4/c1-4-29-21-15-7-5-6-14(13(15)8-9-26-21)20(27)18-17(23)10-16(11(2)19(18)24)12(3)30-22(25)28/h5-10,12H,4H2,1-3H3,(H2,25,28). The van der Waals surface area contributed by atoms with E-state index in [0.717, 1.165) is 6.07 Å². The number of primary amides is 1. The van der Waals surface area contributed by atoms with Crippen molar-refractivity contribution >= 4 is 22.6 Å². The van der Waals surface area contributed by atoms with Gasteiger partial charge in [-0.25, -0.2) is 18.6 Å². The molecule has 0 aliphatic rings. The van der Waals surface area contributed by atoms with Crippen LogP contribution >= 0.6 is 0 Å². The first-order valence-electron chi connectivity index (χ1n) is 9.26. The Kier molecular flexibility index (Phi) is 5.96. The smallest absolute Gasteiger partial charge is 0.405 e. The maximum Gasteiger partial charge on any atom is 0.405 e. The number of nitrogens with two attached hydrogens (primary N) is 1. The van der Waals surface area contributed by atoms with Crippen LogP contribution in [0.1, 0.15) is 47.0 Å². The molecule has 3 aromatic rings. The van der Waals surface area contributed by atoms with Crippen molar-refractivity contribution in [1.82, 2.24) is 4.98 Å². The number of halogens is 2. The normalized spacial score (nSPS) is 11.9. The van der Waals surface area contributed by atoms with Gasteiger partial charge in [0.1, 0.15) is 17.7 Å². The minimum absolute atomic E-state index is 0.00888. The molecule has 3 rings (SSSR count). The lowest BCUT2D eigenvalue weighted by Gasteiger charge is -2.17. The van der Waals surface area contributed by atoms with Crippen LogP contribution in [0.3, 0.4) is 0 Å². The van der Waals surface area contributed by atoms with E-state index in [1.54, 1.807) is 25.1 Å². The molecule has 1 unspecified atom stereocenters. The number of carbonyl (C=O) groups excluding carboxylic acids is 2. The fraction of sp³-hybridized carbons (Fsp3) is 0.227. The lowest BCUT2D eigenvalue weighted by molar-refractivity contribution is 0.102. The van der Waals surface area contributed by atoms with Gasteiger partial charge in [0.2, 0.25) is 5.88 Å². The number of ether oxygens (including phenoxy) is 2. The van der Waals surface area contributed by atoms with E-state index < -0.39 is 35.2 Å². The van der Waals surface area contributed by atoms with Gasteiger partial charge in [-0.05, 0) is 49.9 Å². The van der Waals surface area contributed by atoms with Gasteiger partial charge in [-0.1, -0.05) is 12.1 Å². The average molecular weight is 414 g/mol. The summed E-state index contributed by atoms with van der Waals surface area (Å²) in [5, 5.41) is 1.02. The summed E-state index contributed by atoms with van der Waals surface area (Å²) in [6.07, 6.45) is -0.584. The van der Waals surface area contributed by atoms with E-state index >= 15 is 4.39 Å². The molecule has 8 heteroatoms. The van der Waals surface area contributed by atoms with Crippen LogP contribution in [0.2, 0.25) is 0 Å². The maximum atomic E-state index is 15.1. The Morgan fingerprint density at radius 2 is 1.93 bits per heavy atom. The van der Waals surface area contributed by atoms with E-state index in [-0.39, 0.29) is 16.7 Å². The monoisotopic (exact) mass is 414 g/mol. The van der Waals surface area contributed by atoms with Crippen LogP contribution in [0.15, 0.2) is 36.5 Å². The zero-order valence-electron chi connectivity index (χ0n) is 16.7. The lowest BCUT2D eigenvalue weighted by Crippen LogP contribution is -2.18. The summed E-state index contributed by atoms with van der Waals surface area (Å²) in [5.41, 5.74) is 4.48. The zero-order valence-corrected chi connectivity index (χ0v) is 16.7. The van der Waals surface area contributed by atoms with E-state index in [1.165, 1.54) is 26.1 Å². The van der Waals surface area contributed by atoms with Crippen LogP contribution in [0.25, 0.3) is 10.8 Å². The highest BCUT2D eigenvalue weighted by Gasteiger charge is 2.26. The fourth-order valence-corrected chi connectivity index (χ4v) is 3.37. The first-order valence-corrected chi connectivity index (χ1v) is 9.26. The molecular weight excluding hydrogens is 394 g/mol. The van der Waals surface area contributed by atoms with Crippen molar-refractivity contribution in [2.75, 3.05) is 6.61 Å². The summed E-state index contributed by atoms with van der Waals surface area (Å²) >= 11 is 0. The molecule has 0 radical (unpaired) electrons. The molecule has 0 aliphatic heterocycles. The minimum Gasteiger partial charge on any atom is -0.478 e. The van der Waals surface area contributed by atoms with Crippen molar-refractivity contribution in [3.63, 3.8) is 0 Å². The number of nitrogens with zero attached hydrogens (tertiary/aromatic N) is 1. The highest BCUT2D eigenvalue weighted by atomic mass is 19.1. The van der Waals surface area contributed by atoms with Crippen LogP contribution in [0, 0.1) is 18.6 Å². The second kappa shape index (κ2) is 8.44. The number of pyridine rings is 1. The molecule has 1 heterocycles. The number of amides is 1. The summed E-state index contributed by atoms with van der Waals surface area (Å²) < 4.78 is 40.2. The molecule has 0 saturated heterocycles. The Balaban J connectivity index is 2.13. The molecule has 0 spiro atoms. The third kappa shape index (κ3) is 3.80. The van der Waals surface area contributed by atoms with Crippen LogP contribution in [0.5, 0.6) is 5.88 Å². The van der Waals surface area contributed by atoms with Crippen molar-refractivity contribution in [3.8, 4) is 5.88 Å². The Labute approximate surface area is 171 Å². The van der Waals surface area contributed by atoms with Crippen molar-refractivity contribution in [2.24, 2.45) is 5.73 Å². The van der Waals surface area contributed by atoms with E-state index in [9.17, 15) is 14.0 Å². The van der Waals surface area contributed by atoms with Gasteiger partial charge in [-0.2, -0.15) is 0 Å². The van der Waals surface area contributed by atoms with E-state index in [0.29, 0.717) is 23.3 Å². The van der Waals surface area contributed by atoms with Crippen LogP contribution in [0.4, 0.5) is 13.6 Å². The number of fused-ring (bicyclic) bond motifs is 1. The topological polar surface area (TPSA) is 91.5 Å². The van der Waals surface area contributed by atoms with Gasteiger partial charge in [0.05, 0.1) is 12.2 Å². The number of rotatable bonds is 6. The molecule has 0 aliphatic carbocycles. The Morgan fingerprint density at radius 3 is 2.60 bits per heavy atom. The Bertz CT molecular complexity index is 1150. The quantitative estimate of drug-likeness (QED) is 0.595. The van der Waals surface area contributed by atoms with Crippen molar-refractivity contribution in [1.29, 1.82) is 0 Å². The molecule has 156 valence electrons. The predicted molar refractivity (Wildman–Crippen MR) is 107 cm³/mol. The summed E-state index contributed by atoms with van der Waals surface area (Å²) in [6.45, 7) is 4.98. The number of ketones is 1. The molecule has 2 N–H and O–H groups in total. The molecule has 2 aromatic carbocycles. The molecule has 30 heavy (non-hydrogen) atoms. The third-order valence-corrected chi connectivity index (χ3v) is 4.76. The van der Waals surface area contributed by atoms with Gasteiger partial charge < -0.3 is 15.2 Å². The van der Waals surface area contributed by atoms with Gasteiger partial charge in [0, 0.05) is 22.7 Å². The van der Waals surface area contributed by atoms with Gasteiger partial charge in [0.15, 0.2) is 5.78 Å². The summed E-state index contributed by atoms with van der Waals surface area (Å²) in [6, 6.07) is 7.37. The molecule has 0 bridgehead atoms. The summed E-state index contributed by atoms with van der Waals surface area (Å²) in [7, 11) is 0. The van der Waals surface area contributed by atoms with Crippen LogP contribution in [-0.2, 0) is 4.74 Å². The van der Waals surface area contributed by atoms with Gasteiger partial charge in [0.25, 0.3) is 0 Å². The van der Waals surface area contributed by atoms with E-state index in [4.69, 9.17) is 15.2 Å². The number of benzene rings is 2. The van der Waals surface area contributed by atoms with E-state index in [2.05, 4.69) is 4.98 Å². The Hall–Kier alpha value is -3.55. The first-order chi connectivity index (χ1) is 14.3. The molecule has 1 amide bonds. The number of hydrogen-bond acceptors (Lipinski definition) is 5. The van der Waals surface area contributed by atoms with E-state index in [1.807, 2.05) is 0 Å². The van der Waals surface area contributed by atoms with Crippen molar-refractivity contribution < 1.29 is 27.8 Å². The summed E-state index contributed by atoms with van der Waals surface area (Å²) in [4.78, 5) is 28.2. The van der Waals surface area contributed by atoms with Crippen LogP contribution < -0.4 is 10.5 Å². The first kappa shape index (κ1) is 21.2. The molecule has 6 nitrogen and oxygen atoms in total.